The Balaban J connectivity index is 2.44. The number of nitrogens with one attached hydrogen (secondary N) is 2. The maximum atomic E-state index is 13.8. The minimum atomic E-state index is -0.896. The molecule has 0 fully saturated rings. The molecule has 36 heavy (non-hydrogen) atoms. The van der Waals surface area contributed by atoms with Crippen LogP contribution in [0.5, 0.6) is 0 Å². The topological polar surface area (TPSA) is 87.7 Å². The molecule has 2 rings (SSSR count). The highest BCUT2D eigenvalue weighted by atomic mass is 16.6. The van der Waals surface area contributed by atoms with Gasteiger partial charge in [-0.05, 0) is 76.6 Å². The predicted octanol–water partition coefficient (Wildman–Crippen LogP) is 5.69. The summed E-state index contributed by atoms with van der Waals surface area (Å²) in [4.78, 5) is 41.4. The summed E-state index contributed by atoms with van der Waals surface area (Å²) >= 11 is 0. The molecule has 2 unspecified atom stereocenters. The largest absolute Gasteiger partial charge is 0.444 e. The van der Waals surface area contributed by atoms with Crippen LogP contribution in [0.25, 0.3) is 0 Å². The average molecular weight is 496 g/mol. The smallest absolute Gasteiger partial charge is 0.408 e. The summed E-state index contributed by atoms with van der Waals surface area (Å²) in [7, 11) is 1.60. The Bertz CT molecular complexity index is 1090. The molecule has 2 aromatic carbocycles. The number of rotatable bonds is 8. The third-order valence-corrected chi connectivity index (χ3v) is 5.80. The molecule has 0 radical (unpaired) electrons. The number of amides is 3. The first-order chi connectivity index (χ1) is 16.7. The van der Waals surface area contributed by atoms with E-state index in [1.54, 1.807) is 27.8 Å². The van der Waals surface area contributed by atoms with Gasteiger partial charge in [-0.3, -0.25) is 9.59 Å². The number of hydrogen-bond donors (Lipinski definition) is 2. The Labute approximate surface area is 215 Å². The molecule has 2 aromatic rings. The zero-order valence-corrected chi connectivity index (χ0v) is 23.1. The van der Waals surface area contributed by atoms with Crippen molar-refractivity contribution in [2.45, 2.75) is 79.5 Å². The second-order valence-electron chi connectivity index (χ2n) is 10.8. The summed E-state index contributed by atoms with van der Waals surface area (Å²) in [5.74, 6) is -0.560. The number of alkyl carbamates (subject to hydrolysis) is 1. The van der Waals surface area contributed by atoms with Gasteiger partial charge in [0.05, 0.1) is 0 Å². The minimum absolute atomic E-state index is 0.127. The molecule has 7 nitrogen and oxygen atoms in total. The number of anilines is 1. The fourth-order valence-electron chi connectivity index (χ4n) is 4.09. The molecule has 2 atom stereocenters. The number of likely N-dealkylation sites (N-methyl/N-ethyl adjacent to an activating group) is 1. The Morgan fingerprint density at radius 1 is 0.972 bits per heavy atom. The van der Waals surface area contributed by atoms with Crippen LogP contribution >= 0.6 is 0 Å². The van der Waals surface area contributed by atoms with Gasteiger partial charge < -0.3 is 20.3 Å². The molecule has 0 bridgehead atoms. The Morgan fingerprint density at radius 3 is 2.17 bits per heavy atom. The first-order valence-corrected chi connectivity index (χ1v) is 12.4. The third-order valence-electron chi connectivity index (χ3n) is 5.80. The maximum absolute atomic E-state index is 13.8. The van der Waals surface area contributed by atoms with Crippen molar-refractivity contribution in [2.24, 2.45) is 5.92 Å². The van der Waals surface area contributed by atoms with Crippen molar-refractivity contribution in [3.8, 4) is 0 Å². The SMILES string of the molecule is Cc1ccc(C(C(=O)Nc2ccccc2C)N(C)C(=O)C(CC(C)C)NC(=O)OC(C)(C)C)c(C)c1. The summed E-state index contributed by atoms with van der Waals surface area (Å²) in [5, 5.41) is 5.72. The second-order valence-corrected chi connectivity index (χ2v) is 10.8. The van der Waals surface area contributed by atoms with Crippen LogP contribution in [0.3, 0.4) is 0 Å². The summed E-state index contributed by atoms with van der Waals surface area (Å²) in [6.07, 6.45) is -0.260. The van der Waals surface area contributed by atoms with Gasteiger partial charge in [-0.25, -0.2) is 4.79 Å². The maximum Gasteiger partial charge on any atom is 0.408 e. The summed E-state index contributed by atoms with van der Waals surface area (Å²) in [5.41, 5.74) is 3.60. The molecule has 0 aromatic heterocycles. The Kier molecular flexibility index (Phi) is 9.68. The van der Waals surface area contributed by atoms with Crippen LogP contribution < -0.4 is 10.6 Å². The predicted molar refractivity (Wildman–Crippen MR) is 144 cm³/mol. The normalized spacial score (nSPS) is 13.1. The van der Waals surface area contributed by atoms with Crippen molar-refractivity contribution >= 4 is 23.6 Å². The zero-order chi connectivity index (χ0) is 27.2. The molecule has 0 aliphatic carbocycles. The number of aryl methyl sites for hydroxylation is 3. The van der Waals surface area contributed by atoms with Crippen LogP contribution in [0.15, 0.2) is 42.5 Å². The van der Waals surface area contributed by atoms with E-state index in [4.69, 9.17) is 4.74 Å². The van der Waals surface area contributed by atoms with E-state index >= 15 is 0 Å². The minimum Gasteiger partial charge on any atom is -0.444 e. The highest BCUT2D eigenvalue weighted by Gasteiger charge is 2.35. The van der Waals surface area contributed by atoms with Gasteiger partial charge in [0.15, 0.2) is 0 Å². The van der Waals surface area contributed by atoms with Crippen LogP contribution in [0, 0.1) is 26.7 Å². The molecule has 3 amide bonds. The van der Waals surface area contributed by atoms with Gasteiger partial charge in [0, 0.05) is 12.7 Å². The third kappa shape index (κ3) is 8.11. The van der Waals surface area contributed by atoms with E-state index in [9.17, 15) is 14.4 Å². The molecule has 196 valence electrons. The van der Waals surface area contributed by atoms with Crippen LogP contribution in [-0.2, 0) is 14.3 Å². The van der Waals surface area contributed by atoms with Crippen LogP contribution in [-0.4, -0.2) is 41.5 Å². The Hall–Kier alpha value is -3.35. The van der Waals surface area contributed by atoms with Crippen molar-refractivity contribution in [3.63, 3.8) is 0 Å². The van der Waals surface area contributed by atoms with E-state index in [0.717, 1.165) is 22.3 Å². The second kappa shape index (κ2) is 12.1. The van der Waals surface area contributed by atoms with E-state index in [-0.39, 0.29) is 17.7 Å². The van der Waals surface area contributed by atoms with E-state index in [2.05, 4.69) is 10.6 Å². The molecular weight excluding hydrogens is 454 g/mol. The van der Waals surface area contributed by atoms with Crippen molar-refractivity contribution < 1.29 is 19.1 Å². The molecule has 7 heteroatoms. The highest BCUT2D eigenvalue weighted by molar-refractivity contribution is 5.99. The quantitative estimate of drug-likeness (QED) is 0.492. The molecule has 0 spiro atoms. The number of para-hydroxylation sites is 1. The highest BCUT2D eigenvalue weighted by Crippen LogP contribution is 2.28. The first kappa shape index (κ1) is 28.9. The Morgan fingerprint density at radius 2 is 1.61 bits per heavy atom. The molecule has 0 saturated carbocycles. The van der Waals surface area contributed by atoms with Crippen LogP contribution in [0.4, 0.5) is 10.5 Å². The van der Waals surface area contributed by atoms with Crippen molar-refractivity contribution in [2.75, 3.05) is 12.4 Å². The lowest BCUT2D eigenvalue weighted by atomic mass is 9.95. The number of nitrogens with zero attached hydrogens (tertiary/aromatic N) is 1. The van der Waals surface area contributed by atoms with Crippen LogP contribution in [0.1, 0.15) is 69.3 Å². The monoisotopic (exact) mass is 495 g/mol. The van der Waals surface area contributed by atoms with Gasteiger partial charge in [0.1, 0.15) is 17.7 Å². The summed E-state index contributed by atoms with van der Waals surface area (Å²) in [6, 6.07) is 11.6. The molecule has 0 saturated heterocycles. The van der Waals surface area contributed by atoms with Crippen LogP contribution in [0.2, 0.25) is 0 Å². The first-order valence-electron chi connectivity index (χ1n) is 12.4. The fraction of sp³-hybridized carbons (Fsp3) is 0.483. The number of carbonyl (C=O) groups excluding carboxylic acids is 3. The van der Waals surface area contributed by atoms with Gasteiger partial charge in [-0.2, -0.15) is 0 Å². The van der Waals surface area contributed by atoms with Crippen molar-refractivity contribution in [1.82, 2.24) is 10.2 Å². The number of carbonyl (C=O) groups is 3. The lowest BCUT2D eigenvalue weighted by molar-refractivity contribution is -0.139. The van der Waals surface area contributed by atoms with E-state index in [1.807, 2.05) is 77.1 Å². The van der Waals surface area contributed by atoms with Crippen molar-refractivity contribution in [3.05, 3.63) is 64.7 Å². The van der Waals surface area contributed by atoms with E-state index < -0.39 is 23.8 Å². The summed E-state index contributed by atoms with van der Waals surface area (Å²) < 4.78 is 5.40. The lowest BCUT2D eigenvalue weighted by Gasteiger charge is -2.33. The molecule has 0 heterocycles. The number of hydrogen-bond acceptors (Lipinski definition) is 4. The van der Waals surface area contributed by atoms with Crippen molar-refractivity contribution in [1.29, 1.82) is 0 Å². The standard InChI is InChI=1S/C29H41N3O4/c1-18(2)16-24(31-28(35)36-29(6,7)8)27(34)32(9)25(22-15-14-19(3)17-21(22)5)26(33)30-23-13-11-10-12-20(23)4/h10-15,17-18,24-25H,16H2,1-9H3,(H,30,33)(H,31,35). The van der Waals surface area contributed by atoms with E-state index in [1.165, 1.54) is 4.90 Å². The molecule has 2 N–H and O–H groups in total. The lowest BCUT2D eigenvalue weighted by Crippen LogP contribution is -2.51. The molecular formula is C29H41N3O4. The van der Waals surface area contributed by atoms with Gasteiger partial charge in [-0.15, -0.1) is 0 Å². The number of benzene rings is 2. The molecule has 0 aliphatic rings. The van der Waals surface area contributed by atoms with Gasteiger partial charge >= 0.3 is 6.09 Å². The summed E-state index contributed by atoms with van der Waals surface area (Å²) in [6.45, 7) is 15.1. The molecule has 0 aliphatic heterocycles. The van der Waals surface area contributed by atoms with Gasteiger partial charge in [-0.1, -0.05) is 55.8 Å². The fourth-order valence-corrected chi connectivity index (χ4v) is 4.09. The van der Waals surface area contributed by atoms with E-state index in [0.29, 0.717) is 12.1 Å². The zero-order valence-electron chi connectivity index (χ0n) is 23.1. The average Bonchev–Trinajstić information content (AvgIpc) is 2.74. The van der Waals surface area contributed by atoms with Gasteiger partial charge in [0.25, 0.3) is 5.91 Å². The van der Waals surface area contributed by atoms with Gasteiger partial charge in [0.2, 0.25) is 5.91 Å². The number of ether oxygens (including phenoxy) is 1.